The Labute approximate surface area is 111 Å². The minimum absolute atomic E-state index is 0.164. The van der Waals surface area contributed by atoms with Gasteiger partial charge in [-0.3, -0.25) is 9.78 Å². The fourth-order valence-electron chi connectivity index (χ4n) is 2.10. The molecule has 0 aromatic carbocycles. The third-order valence-corrected chi connectivity index (χ3v) is 3.09. The molecule has 0 saturated carbocycles. The van der Waals surface area contributed by atoms with Gasteiger partial charge in [-0.2, -0.15) is 0 Å². The molecular formula is C14H16N2O3. The van der Waals surface area contributed by atoms with E-state index in [1.54, 1.807) is 17.9 Å². The largest absolute Gasteiger partial charge is 0.388 e. The fourth-order valence-corrected chi connectivity index (χ4v) is 2.10. The molecule has 5 nitrogen and oxygen atoms in total. The third kappa shape index (κ3) is 3.11. The summed E-state index contributed by atoms with van der Waals surface area (Å²) in [7, 11) is 0. The number of pyridine rings is 1. The van der Waals surface area contributed by atoms with Gasteiger partial charge < -0.3 is 15.1 Å². The molecule has 2 rings (SSSR count). The number of amides is 1. The van der Waals surface area contributed by atoms with Gasteiger partial charge in [0.25, 0.3) is 5.91 Å². The first-order valence-corrected chi connectivity index (χ1v) is 6.09. The Hall–Kier alpha value is -1.90. The lowest BCUT2D eigenvalue weighted by Gasteiger charge is -2.19. The normalized spacial score (nSPS) is 21.9. The highest BCUT2D eigenvalue weighted by molar-refractivity contribution is 5.96. The van der Waals surface area contributed by atoms with E-state index >= 15 is 0 Å². The van der Waals surface area contributed by atoms with E-state index in [-0.39, 0.29) is 12.5 Å². The Kier molecular flexibility index (Phi) is 3.84. The number of aromatic nitrogens is 1. The number of β-amino-alcohol motifs (C(OH)–C–C–N with tert-alkyl or cyclic N) is 1. The highest BCUT2D eigenvalue weighted by Crippen LogP contribution is 2.22. The summed E-state index contributed by atoms with van der Waals surface area (Å²) in [4.78, 5) is 17.9. The van der Waals surface area contributed by atoms with Crippen molar-refractivity contribution in [2.24, 2.45) is 0 Å². The van der Waals surface area contributed by atoms with Crippen molar-refractivity contribution in [2.75, 3.05) is 19.7 Å². The molecule has 5 heteroatoms. The average Bonchev–Trinajstić information content (AvgIpc) is 2.76. The molecule has 2 heterocycles. The fraction of sp³-hybridized carbons (Fsp3) is 0.429. The average molecular weight is 260 g/mol. The topological polar surface area (TPSA) is 73.7 Å². The summed E-state index contributed by atoms with van der Waals surface area (Å²) in [6, 6.07) is 1.61. The second-order valence-electron chi connectivity index (χ2n) is 4.85. The lowest BCUT2D eigenvalue weighted by Crippen LogP contribution is -2.34. The Balaban J connectivity index is 2.25. The zero-order valence-corrected chi connectivity index (χ0v) is 10.8. The van der Waals surface area contributed by atoms with Crippen LogP contribution < -0.4 is 0 Å². The molecule has 0 spiro atoms. The molecule has 1 atom stereocenters. The predicted molar refractivity (Wildman–Crippen MR) is 69.3 cm³/mol. The minimum Gasteiger partial charge on any atom is -0.388 e. The van der Waals surface area contributed by atoms with Gasteiger partial charge in [-0.15, -0.1) is 0 Å². The van der Waals surface area contributed by atoms with Crippen LogP contribution in [-0.2, 0) is 0 Å². The van der Waals surface area contributed by atoms with Crippen LogP contribution in [-0.4, -0.2) is 51.3 Å². The number of likely N-dealkylation sites (tertiary alicyclic amines) is 1. The highest BCUT2D eigenvalue weighted by atomic mass is 16.3. The van der Waals surface area contributed by atoms with E-state index in [0.717, 1.165) is 0 Å². The number of rotatable bonds is 1. The van der Waals surface area contributed by atoms with E-state index < -0.39 is 5.60 Å². The van der Waals surface area contributed by atoms with Crippen LogP contribution in [0, 0.1) is 11.8 Å². The number of aliphatic hydroxyl groups excluding tert-OH is 1. The van der Waals surface area contributed by atoms with E-state index in [9.17, 15) is 9.90 Å². The van der Waals surface area contributed by atoms with Crippen molar-refractivity contribution < 1.29 is 15.0 Å². The minimum atomic E-state index is -0.820. The van der Waals surface area contributed by atoms with Crippen molar-refractivity contribution in [2.45, 2.75) is 18.9 Å². The molecule has 1 amide bonds. The van der Waals surface area contributed by atoms with Crippen molar-refractivity contribution in [1.82, 2.24) is 9.88 Å². The van der Waals surface area contributed by atoms with E-state index in [4.69, 9.17) is 5.11 Å². The lowest BCUT2D eigenvalue weighted by molar-refractivity contribution is 0.0572. The molecule has 19 heavy (non-hydrogen) atoms. The van der Waals surface area contributed by atoms with Crippen LogP contribution in [0.15, 0.2) is 18.5 Å². The quantitative estimate of drug-likeness (QED) is 0.698. The van der Waals surface area contributed by atoms with Crippen LogP contribution in [0.25, 0.3) is 0 Å². The molecule has 1 aromatic rings. The lowest BCUT2D eigenvalue weighted by atomic mass is 10.1. The number of hydrogen-bond acceptors (Lipinski definition) is 4. The molecule has 1 fully saturated rings. The summed E-state index contributed by atoms with van der Waals surface area (Å²) in [6.07, 6.45) is 3.61. The summed E-state index contributed by atoms with van der Waals surface area (Å²) in [5, 5.41) is 18.6. The molecule has 1 aliphatic rings. The van der Waals surface area contributed by atoms with Gasteiger partial charge in [0.15, 0.2) is 0 Å². The second kappa shape index (κ2) is 5.39. The highest BCUT2D eigenvalue weighted by Gasteiger charge is 2.34. The maximum Gasteiger partial charge on any atom is 0.255 e. The summed E-state index contributed by atoms with van der Waals surface area (Å²) < 4.78 is 0. The molecule has 0 aliphatic carbocycles. The molecule has 1 unspecified atom stereocenters. The molecule has 0 radical (unpaired) electrons. The molecular weight excluding hydrogens is 244 g/mol. The number of hydrogen-bond donors (Lipinski definition) is 2. The van der Waals surface area contributed by atoms with Crippen molar-refractivity contribution in [3.8, 4) is 11.8 Å². The standard InChI is InChI=1S/C14H16N2O3/c1-14(19)5-7-16(10-14)13(18)12-4-6-15-9-11(12)3-2-8-17/h4,6,9,17,19H,5,7-8,10H2,1H3. The summed E-state index contributed by atoms with van der Waals surface area (Å²) >= 11 is 0. The molecule has 2 N–H and O–H groups in total. The van der Waals surface area contributed by atoms with Crippen LogP contribution in [0.3, 0.4) is 0 Å². The SMILES string of the molecule is CC1(O)CCN(C(=O)c2ccncc2C#CCO)C1. The first kappa shape index (κ1) is 13.5. The Morgan fingerprint density at radius 2 is 2.42 bits per heavy atom. The van der Waals surface area contributed by atoms with Crippen molar-refractivity contribution in [3.63, 3.8) is 0 Å². The zero-order chi connectivity index (χ0) is 13.9. The van der Waals surface area contributed by atoms with Crippen LogP contribution in [0.5, 0.6) is 0 Å². The molecule has 1 saturated heterocycles. The van der Waals surface area contributed by atoms with E-state index in [1.165, 1.54) is 12.4 Å². The maximum atomic E-state index is 12.4. The van der Waals surface area contributed by atoms with Gasteiger partial charge in [0.2, 0.25) is 0 Å². The van der Waals surface area contributed by atoms with Crippen LogP contribution in [0.1, 0.15) is 29.3 Å². The van der Waals surface area contributed by atoms with Crippen molar-refractivity contribution in [1.29, 1.82) is 0 Å². The van der Waals surface area contributed by atoms with Gasteiger partial charge in [-0.1, -0.05) is 11.8 Å². The van der Waals surface area contributed by atoms with Gasteiger partial charge in [0.1, 0.15) is 6.61 Å². The van der Waals surface area contributed by atoms with E-state index in [0.29, 0.717) is 30.6 Å². The van der Waals surface area contributed by atoms with E-state index in [1.807, 2.05) is 0 Å². The molecule has 0 bridgehead atoms. The Bertz CT molecular complexity index is 543. The summed E-state index contributed by atoms with van der Waals surface area (Å²) in [5.74, 6) is 5.06. The first-order chi connectivity index (χ1) is 9.03. The number of carbonyl (C=O) groups is 1. The Morgan fingerprint density at radius 1 is 1.63 bits per heavy atom. The molecule has 1 aliphatic heterocycles. The van der Waals surface area contributed by atoms with Gasteiger partial charge >= 0.3 is 0 Å². The van der Waals surface area contributed by atoms with Crippen molar-refractivity contribution >= 4 is 5.91 Å². The predicted octanol–water partition coefficient (Wildman–Crippen LogP) is 0.0223. The number of nitrogens with zero attached hydrogens (tertiary/aromatic N) is 2. The molecule has 100 valence electrons. The van der Waals surface area contributed by atoms with Crippen molar-refractivity contribution in [3.05, 3.63) is 29.6 Å². The Morgan fingerprint density at radius 3 is 3.05 bits per heavy atom. The summed E-state index contributed by atoms with van der Waals surface area (Å²) in [6.45, 7) is 2.31. The van der Waals surface area contributed by atoms with Gasteiger partial charge in [-0.25, -0.2) is 0 Å². The van der Waals surface area contributed by atoms with Gasteiger partial charge in [0.05, 0.1) is 16.7 Å². The van der Waals surface area contributed by atoms with Crippen LogP contribution >= 0.6 is 0 Å². The number of aliphatic hydroxyl groups is 2. The second-order valence-corrected chi connectivity index (χ2v) is 4.85. The third-order valence-electron chi connectivity index (χ3n) is 3.09. The maximum absolute atomic E-state index is 12.4. The monoisotopic (exact) mass is 260 g/mol. The van der Waals surface area contributed by atoms with Crippen LogP contribution in [0.2, 0.25) is 0 Å². The van der Waals surface area contributed by atoms with Gasteiger partial charge in [0, 0.05) is 25.5 Å². The van der Waals surface area contributed by atoms with Crippen LogP contribution in [0.4, 0.5) is 0 Å². The smallest absolute Gasteiger partial charge is 0.255 e. The number of carbonyl (C=O) groups excluding carboxylic acids is 1. The van der Waals surface area contributed by atoms with E-state index in [2.05, 4.69) is 16.8 Å². The molecule has 1 aromatic heterocycles. The summed E-state index contributed by atoms with van der Waals surface area (Å²) in [5.41, 5.74) is 0.126. The first-order valence-electron chi connectivity index (χ1n) is 6.09. The zero-order valence-electron chi connectivity index (χ0n) is 10.8. The van der Waals surface area contributed by atoms with Gasteiger partial charge in [-0.05, 0) is 19.4 Å².